The normalized spacial score (nSPS) is 11.9. The summed E-state index contributed by atoms with van der Waals surface area (Å²) in [6, 6.07) is 15.1. The average Bonchev–Trinajstić information content (AvgIpc) is 3.03. The SMILES string of the molecule is Cc1cccc(OCCNC(=O)N[C@H](C)c2nc3ccccc3[nH]2)c1. The van der Waals surface area contributed by atoms with Crippen molar-refractivity contribution in [2.75, 3.05) is 13.2 Å². The van der Waals surface area contributed by atoms with E-state index in [4.69, 9.17) is 4.74 Å². The molecule has 0 unspecified atom stereocenters. The van der Waals surface area contributed by atoms with Crippen LogP contribution in [0.1, 0.15) is 24.4 Å². The van der Waals surface area contributed by atoms with Gasteiger partial charge >= 0.3 is 6.03 Å². The first-order valence-corrected chi connectivity index (χ1v) is 8.30. The van der Waals surface area contributed by atoms with Crippen LogP contribution in [0.3, 0.4) is 0 Å². The number of benzene rings is 2. The van der Waals surface area contributed by atoms with Gasteiger partial charge in [-0.25, -0.2) is 9.78 Å². The van der Waals surface area contributed by atoms with Gasteiger partial charge in [0.05, 0.1) is 23.6 Å². The van der Waals surface area contributed by atoms with Crippen molar-refractivity contribution in [2.24, 2.45) is 0 Å². The van der Waals surface area contributed by atoms with E-state index in [0.717, 1.165) is 28.2 Å². The third-order valence-corrected chi connectivity index (χ3v) is 3.81. The van der Waals surface area contributed by atoms with E-state index in [1.807, 2.05) is 62.4 Å². The zero-order chi connectivity index (χ0) is 17.6. The summed E-state index contributed by atoms with van der Waals surface area (Å²) in [5.41, 5.74) is 2.99. The topological polar surface area (TPSA) is 79.0 Å². The van der Waals surface area contributed by atoms with Crippen LogP contribution in [0.5, 0.6) is 5.75 Å². The predicted octanol–water partition coefficient (Wildman–Crippen LogP) is 3.31. The van der Waals surface area contributed by atoms with E-state index >= 15 is 0 Å². The van der Waals surface area contributed by atoms with Gasteiger partial charge in [0.25, 0.3) is 0 Å². The molecule has 25 heavy (non-hydrogen) atoms. The molecule has 0 aliphatic rings. The number of nitrogens with one attached hydrogen (secondary N) is 3. The van der Waals surface area contributed by atoms with E-state index in [1.165, 1.54) is 0 Å². The molecule has 1 atom stereocenters. The number of para-hydroxylation sites is 2. The molecule has 130 valence electrons. The van der Waals surface area contributed by atoms with Gasteiger partial charge in [-0.15, -0.1) is 0 Å². The van der Waals surface area contributed by atoms with Crippen molar-refractivity contribution in [3.8, 4) is 5.75 Å². The Hall–Kier alpha value is -3.02. The molecule has 3 aromatic rings. The summed E-state index contributed by atoms with van der Waals surface area (Å²) in [4.78, 5) is 19.7. The fraction of sp³-hybridized carbons (Fsp3) is 0.263. The molecule has 0 spiro atoms. The molecule has 1 heterocycles. The molecular formula is C19H22N4O2. The zero-order valence-corrected chi connectivity index (χ0v) is 14.4. The average molecular weight is 338 g/mol. The van der Waals surface area contributed by atoms with Crippen LogP contribution in [-0.4, -0.2) is 29.2 Å². The van der Waals surface area contributed by atoms with E-state index < -0.39 is 0 Å². The maximum atomic E-state index is 12.0. The number of nitrogens with zero attached hydrogens (tertiary/aromatic N) is 1. The number of imidazole rings is 1. The highest BCUT2D eigenvalue weighted by atomic mass is 16.5. The number of aromatic amines is 1. The van der Waals surface area contributed by atoms with Crippen LogP contribution in [-0.2, 0) is 0 Å². The van der Waals surface area contributed by atoms with Gasteiger partial charge < -0.3 is 20.4 Å². The number of aromatic nitrogens is 2. The number of rotatable bonds is 6. The van der Waals surface area contributed by atoms with Crippen LogP contribution in [0.25, 0.3) is 11.0 Å². The monoisotopic (exact) mass is 338 g/mol. The second-order valence-corrected chi connectivity index (χ2v) is 5.93. The number of amides is 2. The second-order valence-electron chi connectivity index (χ2n) is 5.93. The Balaban J connectivity index is 1.44. The number of ether oxygens (including phenoxy) is 1. The first kappa shape index (κ1) is 16.8. The summed E-state index contributed by atoms with van der Waals surface area (Å²) < 4.78 is 5.61. The third kappa shape index (κ3) is 4.50. The fourth-order valence-corrected chi connectivity index (χ4v) is 2.53. The van der Waals surface area contributed by atoms with E-state index in [1.54, 1.807) is 0 Å². The molecule has 3 rings (SSSR count). The number of fused-ring (bicyclic) bond motifs is 1. The van der Waals surface area contributed by atoms with Crippen LogP contribution < -0.4 is 15.4 Å². The van der Waals surface area contributed by atoms with E-state index in [2.05, 4.69) is 20.6 Å². The van der Waals surface area contributed by atoms with Gasteiger partial charge in [0.2, 0.25) is 0 Å². The third-order valence-electron chi connectivity index (χ3n) is 3.81. The summed E-state index contributed by atoms with van der Waals surface area (Å²) in [5.74, 6) is 1.53. The number of aryl methyl sites for hydroxylation is 1. The van der Waals surface area contributed by atoms with Crippen molar-refractivity contribution in [3.63, 3.8) is 0 Å². The standard InChI is InChI=1S/C19H22N4O2/c1-13-6-5-7-15(12-13)25-11-10-20-19(24)21-14(2)18-22-16-8-3-4-9-17(16)23-18/h3-9,12,14H,10-11H2,1-2H3,(H,22,23)(H2,20,21,24)/t14-/m1/s1. The molecule has 0 aliphatic carbocycles. The summed E-state index contributed by atoms with van der Waals surface area (Å²) in [5, 5.41) is 5.65. The lowest BCUT2D eigenvalue weighted by Crippen LogP contribution is -2.39. The first-order chi connectivity index (χ1) is 12.1. The Kier molecular flexibility index (Phi) is 5.18. The maximum Gasteiger partial charge on any atom is 0.315 e. The summed E-state index contributed by atoms with van der Waals surface area (Å²) in [6.07, 6.45) is 0. The predicted molar refractivity (Wildman–Crippen MR) is 97.7 cm³/mol. The van der Waals surface area contributed by atoms with Crippen LogP contribution in [0.4, 0.5) is 4.79 Å². The van der Waals surface area contributed by atoms with Crippen molar-refractivity contribution in [3.05, 3.63) is 59.9 Å². The number of H-pyrrole nitrogens is 1. The van der Waals surface area contributed by atoms with Gasteiger partial charge in [0.1, 0.15) is 18.2 Å². The van der Waals surface area contributed by atoms with Crippen LogP contribution >= 0.6 is 0 Å². The summed E-state index contributed by atoms with van der Waals surface area (Å²) in [7, 11) is 0. The molecule has 0 saturated heterocycles. The number of carbonyl (C=O) groups excluding carboxylic acids is 1. The highest BCUT2D eigenvalue weighted by Crippen LogP contribution is 2.15. The molecule has 0 bridgehead atoms. The second kappa shape index (κ2) is 7.70. The largest absolute Gasteiger partial charge is 0.492 e. The van der Waals surface area contributed by atoms with Crippen molar-refractivity contribution in [1.29, 1.82) is 0 Å². The van der Waals surface area contributed by atoms with E-state index in [0.29, 0.717) is 13.2 Å². The van der Waals surface area contributed by atoms with Crippen LogP contribution in [0.15, 0.2) is 48.5 Å². The van der Waals surface area contributed by atoms with E-state index in [9.17, 15) is 4.79 Å². The molecule has 0 fully saturated rings. The molecule has 3 N–H and O–H groups in total. The van der Waals surface area contributed by atoms with Crippen molar-refractivity contribution < 1.29 is 9.53 Å². The summed E-state index contributed by atoms with van der Waals surface area (Å²) >= 11 is 0. The van der Waals surface area contributed by atoms with Crippen molar-refractivity contribution in [2.45, 2.75) is 19.9 Å². The van der Waals surface area contributed by atoms with Gasteiger partial charge in [0.15, 0.2) is 0 Å². The minimum absolute atomic E-state index is 0.218. The van der Waals surface area contributed by atoms with Gasteiger partial charge in [-0.2, -0.15) is 0 Å². The summed E-state index contributed by atoms with van der Waals surface area (Å²) in [6.45, 7) is 4.74. The first-order valence-electron chi connectivity index (χ1n) is 8.30. The number of carbonyl (C=O) groups is 1. The molecule has 2 aromatic carbocycles. The molecule has 0 radical (unpaired) electrons. The Morgan fingerprint density at radius 1 is 1.24 bits per heavy atom. The van der Waals surface area contributed by atoms with Gasteiger partial charge in [-0.05, 0) is 43.7 Å². The van der Waals surface area contributed by atoms with Gasteiger partial charge in [0, 0.05) is 0 Å². The lowest BCUT2D eigenvalue weighted by molar-refractivity contribution is 0.233. The van der Waals surface area contributed by atoms with E-state index in [-0.39, 0.29) is 12.1 Å². The lowest BCUT2D eigenvalue weighted by atomic mass is 10.2. The Bertz CT molecular complexity index is 826. The molecule has 1 aromatic heterocycles. The Morgan fingerprint density at radius 3 is 2.88 bits per heavy atom. The minimum Gasteiger partial charge on any atom is -0.492 e. The lowest BCUT2D eigenvalue weighted by Gasteiger charge is -2.13. The maximum absolute atomic E-state index is 12.0. The zero-order valence-electron chi connectivity index (χ0n) is 14.4. The smallest absolute Gasteiger partial charge is 0.315 e. The minimum atomic E-state index is -0.249. The van der Waals surface area contributed by atoms with Crippen LogP contribution in [0, 0.1) is 6.92 Å². The highest BCUT2D eigenvalue weighted by molar-refractivity contribution is 5.76. The van der Waals surface area contributed by atoms with Gasteiger partial charge in [-0.1, -0.05) is 24.3 Å². The number of hydrogen-bond donors (Lipinski definition) is 3. The molecule has 0 saturated carbocycles. The number of hydrogen-bond acceptors (Lipinski definition) is 3. The molecule has 6 heteroatoms. The van der Waals surface area contributed by atoms with Gasteiger partial charge in [-0.3, -0.25) is 0 Å². The Labute approximate surface area is 146 Å². The molecule has 0 aliphatic heterocycles. The Morgan fingerprint density at radius 2 is 2.08 bits per heavy atom. The highest BCUT2D eigenvalue weighted by Gasteiger charge is 2.13. The molecule has 6 nitrogen and oxygen atoms in total. The quantitative estimate of drug-likeness (QED) is 0.603. The van der Waals surface area contributed by atoms with Crippen LogP contribution in [0.2, 0.25) is 0 Å². The fourth-order valence-electron chi connectivity index (χ4n) is 2.53. The number of urea groups is 1. The van der Waals surface area contributed by atoms with Crippen molar-refractivity contribution >= 4 is 17.1 Å². The molecular weight excluding hydrogens is 316 g/mol. The van der Waals surface area contributed by atoms with Crippen molar-refractivity contribution in [1.82, 2.24) is 20.6 Å². The molecule has 2 amide bonds.